The van der Waals surface area contributed by atoms with Gasteiger partial charge in [-0.1, -0.05) is 47.8 Å². The minimum Gasteiger partial charge on any atom is -0.325 e. The van der Waals surface area contributed by atoms with Crippen molar-refractivity contribution in [2.45, 2.75) is 11.8 Å². The quantitative estimate of drug-likeness (QED) is 0.756. The summed E-state index contributed by atoms with van der Waals surface area (Å²) in [5.41, 5.74) is 0.478. The van der Waals surface area contributed by atoms with Gasteiger partial charge in [0.15, 0.2) is 0 Å². The van der Waals surface area contributed by atoms with E-state index in [1.165, 1.54) is 18.2 Å². The minimum absolute atomic E-state index is 0.0399. The van der Waals surface area contributed by atoms with Gasteiger partial charge in [-0.3, -0.25) is 4.79 Å². The van der Waals surface area contributed by atoms with E-state index < -0.39 is 15.9 Å². The molecule has 1 N–H and O–H groups in total. The summed E-state index contributed by atoms with van der Waals surface area (Å²) in [6.07, 6.45) is 0. The molecule has 2 aromatic rings. The van der Waals surface area contributed by atoms with Gasteiger partial charge in [0.2, 0.25) is 15.9 Å². The first-order valence-corrected chi connectivity index (χ1v) is 9.82. The van der Waals surface area contributed by atoms with Crippen LogP contribution in [0.2, 0.25) is 15.1 Å². The van der Waals surface area contributed by atoms with Crippen LogP contribution in [0.15, 0.2) is 47.4 Å². The molecule has 0 heterocycles. The van der Waals surface area contributed by atoms with E-state index in [9.17, 15) is 13.2 Å². The van der Waals surface area contributed by atoms with Crippen LogP contribution in [0.4, 0.5) is 5.69 Å². The number of hydrogen-bond donors (Lipinski definition) is 1. The Kier molecular flexibility index (Phi) is 6.71. The zero-order valence-corrected chi connectivity index (χ0v) is 16.3. The second-order valence-electron chi connectivity index (χ2n) is 5.06. The molecule has 25 heavy (non-hydrogen) atoms. The summed E-state index contributed by atoms with van der Waals surface area (Å²) in [6, 6.07) is 10.7. The van der Waals surface area contributed by atoms with E-state index in [0.717, 1.165) is 4.31 Å². The number of carbonyl (C=O) groups is 1. The van der Waals surface area contributed by atoms with Gasteiger partial charge in [0.1, 0.15) is 4.90 Å². The highest BCUT2D eigenvalue weighted by atomic mass is 35.5. The van der Waals surface area contributed by atoms with Crippen LogP contribution in [0, 0.1) is 0 Å². The van der Waals surface area contributed by atoms with Crippen molar-refractivity contribution in [1.29, 1.82) is 0 Å². The molecule has 0 bridgehead atoms. The Hall–Kier alpha value is -1.31. The highest BCUT2D eigenvalue weighted by molar-refractivity contribution is 7.89. The van der Waals surface area contributed by atoms with Crippen molar-refractivity contribution < 1.29 is 13.2 Å². The molecule has 0 aliphatic heterocycles. The van der Waals surface area contributed by atoms with Gasteiger partial charge in [-0.05, 0) is 36.4 Å². The first-order valence-electron chi connectivity index (χ1n) is 7.24. The number of rotatable bonds is 6. The van der Waals surface area contributed by atoms with E-state index in [2.05, 4.69) is 5.32 Å². The van der Waals surface area contributed by atoms with E-state index >= 15 is 0 Å². The Morgan fingerprint density at radius 2 is 1.76 bits per heavy atom. The van der Waals surface area contributed by atoms with Gasteiger partial charge in [-0.15, -0.1) is 0 Å². The van der Waals surface area contributed by atoms with E-state index in [-0.39, 0.29) is 28.0 Å². The molecule has 0 saturated heterocycles. The van der Waals surface area contributed by atoms with E-state index in [0.29, 0.717) is 10.7 Å². The Balaban J connectivity index is 2.20. The van der Waals surface area contributed by atoms with E-state index in [1.807, 2.05) is 0 Å². The van der Waals surface area contributed by atoms with Crippen LogP contribution in [0.3, 0.4) is 0 Å². The fourth-order valence-electron chi connectivity index (χ4n) is 2.11. The second-order valence-corrected chi connectivity index (χ2v) is 8.25. The molecule has 0 saturated carbocycles. The van der Waals surface area contributed by atoms with Crippen molar-refractivity contribution in [2.75, 3.05) is 18.4 Å². The molecule has 5 nitrogen and oxygen atoms in total. The molecule has 9 heteroatoms. The number of carbonyl (C=O) groups excluding carboxylic acids is 1. The fourth-order valence-corrected chi connectivity index (χ4v) is 4.44. The number of sulfonamides is 1. The van der Waals surface area contributed by atoms with Crippen molar-refractivity contribution in [3.8, 4) is 0 Å². The Labute approximate surface area is 161 Å². The predicted molar refractivity (Wildman–Crippen MR) is 101 cm³/mol. The van der Waals surface area contributed by atoms with Gasteiger partial charge in [0.05, 0.1) is 11.6 Å². The molecule has 0 aromatic heterocycles. The van der Waals surface area contributed by atoms with Crippen molar-refractivity contribution in [1.82, 2.24) is 4.31 Å². The standard InChI is InChI=1S/C16H15Cl3N2O3S/c1-2-21(10-16(22)20-13-5-3-4-11(17)8-13)25(23,24)15-9-12(18)6-7-14(15)19/h3-9H,2,10H2,1H3,(H,20,22). The maximum atomic E-state index is 12.8. The number of halogens is 3. The Morgan fingerprint density at radius 3 is 2.40 bits per heavy atom. The highest BCUT2D eigenvalue weighted by Crippen LogP contribution is 2.27. The Bertz CT molecular complexity index is 888. The third-order valence-electron chi connectivity index (χ3n) is 3.29. The first kappa shape index (κ1) is 20.0. The number of nitrogens with zero attached hydrogens (tertiary/aromatic N) is 1. The SMILES string of the molecule is CCN(CC(=O)Nc1cccc(Cl)c1)S(=O)(=O)c1cc(Cl)ccc1Cl. The fraction of sp³-hybridized carbons (Fsp3) is 0.188. The van der Waals surface area contributed by atoms with E-state index in [1.54, 1.807) is 31.2 Å². The average Bonchev–Trinajstić information content (AvgIpc) is 2.54. The zero-order chi connectivity index (χ0) is 18.6. The van der Waals surface area contributed by atoms with E-state index in [4.69, 9.17) is 34.8 Å². The smallest absolute Gasteiger partial charge is 0.245 e. The lowest BCUT2D eigenvalue weighted by Gasteiger charge is -2.21. The maximum Gasteiger partial charge on any atom is 0.245 e. The van der Waals surface area contributed by atoms with Crippen LogP contribution < -0.4 is 5.32 Å². The van der Waals surface area contributed by atoms with Crippen LogP contribution in [-0.2, 0) is 14.8 Å². The third-order valence-corrected chi connectivity index (χ3v) is 6.16. The van der Waals surface area contributed by atoms with Crippen LogP contribution >= 0.6 is 34.8 Å². The number of benzene rings is 2. The average molecular weight is 422 g/mol. The predicted octanol–water partition coefficient (Wildman–Crippen LogP) is 4.30. The van der Waals surface area contributed by atoms with Gasteiger partial charge in [-0.2, -0.15) is 4.31 Å². The molecule has 0 unspecified atom stereocenters. The van der Waals surface area contributed by atoms with Crippen molar-refractivity contribution in [3.63, 3.8) is 0 Å². The minimum atomic E-state index is -3.97. The topological polar surface area (TPSA) is 66.5 Å². The van der Waals surface area contributed by atoms with Crippen molar-refractivity contribution in [3.05, 3.63) is 57.5 Å². The summed E-state index contributed by atoms with van der Waals surface area (Å²) in [4.78, 5) is 12.1. The number of hydrogen-bond acceptors (Lipinski definition) is 3. The van der Waals surface area contributed by atoms with Crippen molar-refractivity contribution in [2.24, 2.45) is 0 Å². The number of anilines is 1. The number of amides is 1. The summed E-state index contributed by atoms with van der Waals surface area (Å²) < 4.78 is 26.5. The molecule has 0 aliphatic rings. The van der Waals surface area contributed by atoms with Gasteiger partial charge < -0.3 is 5.32 Å². The summed E-state index contributed by atoms with van der Waals surface area (Å²) in [7, 11) is -3.97. The molecular formula is C16H15Cl3N2O3S. The summed E-state index contributed by atoms with van der Waals surface area (Å²) >= 11 is 17.7. The molecule has 1 amide bonds. The molecule has 0 atom stereocenters. The number of nitrogens with one attached hydrogen (secondary N) is 1. The summed E-state index contributed by atoms with van der Waals surface area (Å²) in [5.74, 6) is -0.495. The van der Waals surface area contributed by atoms with Gasteiger partial charge >= 0.3 is 0 Å². The largest absolute Gasteiger partial charge is 0.325 e. The lowest BCUT2D eigenvalue weighted by atomic mass is 10.3. The van der Waals surface area contributed by atoms with Gasteiger partial charge in [0.25, 0.3) is 0 Å². The van der Waals surface area contributed by atoms with Crippen LogP contribution in [0.1, 0.15) is 6.92 Å². The first-order chi connectivity index (χ1) is 11.7. The molecule has 0 fully saturated rings. The lowest BCUT2D eigenvalue weighted by molar-refractivity contribution is -0.116. The second kappa shape index (κ2) is 8.38. The third kappa shape index (κ3) is 5.09. The lowest BCUT2D eigenvalue weighted by Crippen LogP contribution is -2.38. The molecule has 0 spiro atoms. The Morgan fingerprint density at radius 1 is 1.08 bits per heavy atom. The molecule has 0 aliphatic carbocycles. The van der Waals surface area contributed by atoms with Crippen molar-refractivity contribution >= 4 is 56.4 Å². The zero-order valence-electron chi connectivity index (χ0n) is 13.2. The summed E-state index contributed by atoms with van der Waals surface area (Å²) in [5, 5.41) is 3.35. The molecule has 2 aromatic carbocycles. The normalized spacial score (nSPS) is 11.6. The van der Waals surface area contributed by atoms with Gasteiger partial charge in [-0.25, -0.2) is 8.42 Å². The molecule has 134 valence electrons. The van der Waals surface area contributed by atoms with Crippen LogP contribution in [0.25, 0.3) is 0 Å². The maximum absolute atomic E-state index is 12.8. The van der Waals surface area contributed by atoms with Crippen LogP contribution in [-0.4, -0.2) is 31.7 Å². The highest BCUT2D eigenvalue weighted by Gasteiger charge is 2.27. The molecule has 2 rings (SSSR count). The summed E-state index contributed by atoms with van der Waals surface area (Å²) in [6.45, 7) is 1.35. The molecular weight excluding hydrogens is 407 g/mol. The number of likely N-dealkylation sites (N-methyl/N-ethyl adjacent to an activating group) is 1. The van der Waals surface area contributed by atoms with Crippen LogP contribution in [0.5, 0.6) is 0 Å². The monoisotopic (exact) mass is 420 g/mol. The van der Waals surface area contributed by atoms with Gasteiger partial charge in [0, 0.05) is 22.3 Å². The molecule has 0 radical (unpaired) electrons.